The fourth-order valence-electron chi connectivity index (χ4n) is 1.71. The zero-order valence-corrected chi connectivity index (χ0v) is 11.5. The summed E-state index contributed by atoms with van der Waals surface area (Å²) < 4.78 is 14.3. The van der Waals surface area contributed by atoms with Crippen LogP contribution in [0.25, 0.3) is 0 Å². The van der Waals surface area contributed by atoms with E-state index in [2.05, 4.69) is 31.9 Å². The molecular weight excluding hydrogens is 323 g/mol. The standard InChI is InChI=1S/C12H13Br2F/c13-10-5-3-9(12(15)7-10)4-6-11(14)8-1-2-8/h3,5,7-8,11H,1-2,4,6H2. The molecule has 1 atom stereocenters. The number of hydrogen-bond donors (Lipinski definition) is 0. The molecule has 0 bridgehead atoms. The maximum absolute atomic E-state index is 13.5. The largest absolute Gasteiger partial charge is 0.207 e. The van der Waals surface area contributed by atoms with E-state index >= 15 is 0 Å². The minimum absolute atomic E-state index is 0.0973. The first-order valence-corrected chi connectivity index (χ1v) is 6.95. The predicted molar refractivity (Wildman–Crippen MR) is 67.9 cm³/mol. The topological polar surface area (TPSA) is 0 Å². The van der Waals surface area contributed by atoms with Gasteiger partial charge in [-0.2, -0.15) is 0 Å². The van der Waals surface area contributed by atoms with Crippen molar-refractivity contribution in [2.24, 2.45) is 5.92 Å². The molecule has 0 radical (unpaired) electrons. The highest BCUT2D eigenvalue weighted by Gasteiger charge is 2.28. The van der Waals surface area contributed by atoms with Gasteiger partial charge in [-0.05, 0) is 49.3 Å². The van der Waals surface area contributed by atoms with Gasteiger partial charge in [-0.1, -0.05) is 37.9 Å². The second kappa shape index (κ2) is 4.96. The first-order chi connectivity index (χ1) is 7.16. The van der Waals surface area contributed by atoms with Gasteiger partial charge in [0.1, 0.15) is 5.82 Å². The van der Waals surface area contributed by atoms with E-state index in [9.17, 15) is 4.39 Å². The van der Waals surface area contributed by atoms with Crippen LogP contribution in [0.4, 0.5) is 4.39 Å². The molecule has 1 aliphatic carbocycles. The van der Waals surface area contributed by atoms with Gasteiger partial charge in [0.25, 0.3) is 0 Å². The molecule has 0 nitrogen and oxygen atoms in total. The predicted octanol–water partition coefficient (Wildman–Crippen LogP) is 4.69. The third-order valence-corrected chi connectivity index (χ3v) is 4.54. The first-order valence-electron chi connectivity index (χ1n) is 5.25. The van der Waals surface area contributed by atoms with Gasteiger partial charge in [-0.15, -0.1) is 0 Å². The second-order valence-corrected chi connectivity index (χ2v) is 6.22. The highest BCUT2D eigenvalue weighted by atomic mass is 79.9. The Balaban J connectivity index is 1.92. The van der Waals surface area contributed by atoms with E-state index in [1.807, 2.05) is 12.1 Å². The van der Waals surface area contributed by atoms with Gasteiger partial charge in [-0.25, -0.2) is 4.39 Å². The molecule has 1 aromatic rings. The third-order valence-electron chi connectivity index (χ3n) is 2.84. The van der Waals surface area contributed by atoms with E-state index in [1.165, 1.54) is 18.9 Å². The highest BCUT2D eigenvalue weighted by molar-refractivity contribution is 9.10. The SMILES string of the molecule is Fc1cc(Br)ccc1CCC(Br)C1CC1. The van der Waals surface area contributed by atoms with E-state index in [0.717, 1.165) is 28.8 Å². The lowest BCUT2D eigenvalue weighted by Crippen LogP contribution is -2.03. The van der Waals surface area contributed by atoms with Gasteiger partial charge >= 0.3 is 0 Å². The number of alkyl halides is 1. The Bertz CT molecular complexity index is 347. The maximum atomic E-state index is 13.5. The van der Waals surface area contributed by atoms with Crippen molar-refractivity contribution in [1.29, 1.82) is 0 Å². The summed E-state index contributed by atoms with van der Waals surface area (Å²) in [5, 5.41) is 0. The van der Waals surface area contributed by atoms with Crippen LogP contribution in [0.3, 0.4) is 0 Å². The molecule has 0 aromatic heterocycles. The minimum Gasteiger partial charge on any atom is -0.207 e. The zero-order chi connectivity index (χ0) is 10.8. The quantitative estimate of drug-likeness (QED) is 0.700. The van der Waals surface area contributed by atoms with Crippen LogP contribution in [0.1, 0.15) is 24.8 Å². The molecule has 0 heterocycles. The maximum Gasteiger partial charge on any atom is 0.127 e. The molecule has 1 unspecified atom stereocenters. The zero-order valence-electron chi connectivity index (χ0n) is 8.35. The second-order valence-electron chi connectivity index (χ2n) is 4.13. The van der Waals surface area contributed by atoms with Crippen molar-refractivity contribution in [3.05, 3.63) is 34.1 Å². The Morgan fingerprint density at radius 1 is 1.40 bits per heavy atom. The number of rotatable bonds is 4. The van der Waals surface area contributed by atoms with Gasteiger partial charge < -0.3 is 0 Å². The molecule has 1 saturated carbocycles. The van der Waals surface area contributed by atoms with E-state index in [0.29, 0.717) is 4.83 Å². The van der Waals surface area contributed by atoms with Crippen LogP contribution in [0.15, 0.2) is 22.7 Å². The smallest absolute Gasteiger partial charge is 0.127 e. The Morgan fingerprint density at radius 2 is 2.13 bits per heavy atom. The summed E-state index contributed by atoms with van der Waals surface area (Å²) in [7, 11) is 0. The Kier molecular flexibility index (Phi) is 3.83. The van der Waals surface area contributed by atoms with Crippen LogP contribution >= 0.6 is 31.9 Å². The summed E-state index contributed by atoms with van der Waals surface area (Å²) in [6.45, 7) is 0. The fourth-order valence-corrected chi connectivity index (χ4v) is 2.80. The number of aryl methyl sites for hydroxylation is 1. The molecule has 15 heavy (non-hydrogen) atoms. The molecule has 3 heteroatoms. The van der Waals surface area contributed by atoms with Crippen molar-refractivity contribution in [3.63, 3.8) is 0 Å². The average Bonchev–Trinajstić information content (AvgIpc) is 2.99. The summed E-state index contributed by atoms with van der Waals surface area (Å²) in [6, 6.07) is 5.31. The van der Waals surface area contributed by atoms with E-state index in [4.69, 9.17) is 0 Å². The molecule has 0 amide bonds. The van der Waals surface area contributed by atoms with E-state index in [-0.39, 0.29) is 5.82 Å². The monoisotopic (exact) mass is 334 g/mol. The van der Waals surface area contributed by atoms with Crippen molar-refractivity contribution >= 4 is 31.9 Å². The lowest BCUT2D eigenvalue weighted by Gasteiger charge is -2.08. The Labute approximate surface area is 107 Å². The molecule has 0 aliphatic heterocycles. The van der Waals surface area contributed by atoms with Gasteiger partial charge in [-0.3, -0.25) is 0 Å². The van der Waals surface area contributed by atoms with Gasteiger partial charge in [0.15, 0.2) is 0 Å². The average molecular weight is 336 g/mol. The summed E-state index contributed by atoms with van der Waals surface area (Å²) in [5.74, 6) is 0.739. The van der Waals surface area contributed by atoms with Crippen LogP contribution in [-0.2, 0) is 6.42 Å². The van der Waals surface area contributed by atoms with Crippen molar-refractivity contribution < 1.29 is 4.39 Å². The molecule has 0 saturated heterocycles. The van der Waals surface area contributed by atoms with Crippen molar-refractivity contribution in [1.82, 2.24) is 0 Å². The lowest BCUT2D eigenvalue weighted by molar-refractivity contribution is 0.596. The van der Waals surface area contributed by atoms with Crippen LogP contribution in [0.5, 0.6) is 0 Å². The summed E-state index contributed by atoms with van der Waals surface area (Å²) in [4.78, 5) is 0.570. The highest BCUT2D eigenvalue weighted by Crippen LogP contribution is 2.38. The molecule has 2 rings (SSSR count). The van der Waals surface area contributed by atoms with Crippen molar-refractivity contribution in [2.75, 3.05) is 0 Å². The van der Waals surface area contributed by atoms with Gasteiger partial charge in [0.05, 0.1) is 0 Å². The van der Waals surface area contributed by atoms with Gasteiger partial charge in [0, 0.05) is 9.30 Å². The summed E-state index contributed by atoms with van der Waals surface area (Å²) in [6.07, 6.45) is 4.52. The summed E-state index contributed by atoms with van der Waals surface area (Å²) >= 11 is 6.93. The third kappa shape index (κ3) is 3.28. The Morgan fingerprint density at radius 3 is 2.73 bits per heavy atom. The molecular formula is C12H13Br2F. The van der Waals surface area contributed by atoms with Crippen LogP contribution < -0.4 is 0 Å². The molecule has 1 aliphatic rings. The lowest BCUT2D eigenvalue weighted by atomic mass is 10.1. The van der Waals surface area contributed by atoms with Crippen molar-refractivity contribution in [2.45, 2.75) is 30.5 Å². The molecule has 1 aromatic carbocycles. The van der Waals surface area contributed by atoms with E-state index in [1.54, 1.807) is 0 Å². The van der Waals surface area contributed by atoms with Crippen LogP contribution in [0, 0.1) is 11.7 Å². The van der Waals surface area contributed by atoms with Crippen LogP contribution in [0.2, 0.25) is 0 Å². The molecule has 82 valence electrons. The normalized spacial score (nSPS) is 17.8. The number of halogens is 3. The molecule has 0 N–H and O–H groups in total. The minimum atomic E-state index is -0.0973. The summed E-state index contributed by atoms with van der Waals surface area (Å²) in [5.41, 5.74) is 0.823. The van der Waals surface area contributed by atoms with Crippen molar-refractivity contribution in [3.8, 4) is 0 Å². The Hall–Kier alpha value is 0.110. The number of benzene rings is 1. The number of hydrogen-bond acceptors (Lipinski definition) is 0. The van der Waals surface area contributed by atoms with Gasteiger partial charge in [0.2, 0.25) is 0 Å². The fraction of sp³-hybridized carbons (Fsp3) is 0.500. The molecule has 1 fully saturated rings. The van der Waals surface area contributed by atoms with E-state index < -0.39 is 0 Å². The van der Waals surface area contributed by atoms with Crippen LogP contribution in [-0.4, -0.2) is 4.83 Å². The first kappa shape index (κ1) is 11.6. The molecule has 0 spiro atoms.